The molecule has 0 bridgehead atoms. The second kappa shape index (κ2) is 4.06. The van der Waals surface area contributed by atoms with Gasteiger partial charge < -0.3 is 0 Å². The maximum absolute atomic E-state index is 8.69. The van der Waals surface area contributed by atoms with Crippen molar-refractivity contribution in [3.05, 3.63) is 33.3 Å². The minimum absolute atomic E-state index is 0.713. The van der Waals surface area contributed by atoms with Crippen molar-refractivity contribution in [2.24, 2.45) is 0 Å². The normalized spacial score (nSPS) is 9.50. The topological polar surface area (TPSA) is 23.8 Å². The van der Waals surface area contributed by atoms with Crippen molar-refractivity contribution in [1.82, 2.24) is 0 Å². The van der Waals surface area contributed by atoms with Crippen LogP contribution in [0, 0.1) is 18.3 Å². The lowest BCUT2D eigenvalue weighted by Gasteiger charge is -2.04. The quantitative estimate of drug-likeness (QED) is 0.726. The van der Waals surface area contributed by atoms with Crippen molar-refractivity contribution in [1.29, 1.82) is 5.26 Å². The summed E-state index contributed by atoms with van der Waals surface area (Å²) < 4.78 is 1.08. The van der Waals surface area contributed by atoms with E-state index in [0.717, 1.165) is 20.9 Å². The summed E-state index contributed by atoms with van der Waals surface area (Å²) in [4.78, 5) is 0. The van der Waals surface area contributed by atoms with Crippen LogP contribution in [-0.2, 0) is 5.33 Å². The molecule has 0 aromatic heterocycles. The lowest BCUT2D eigenvalue weighted by Crippen LogP contribution is -1.87. The molecule has 0 aliphatic rings. The van der Waals surface area contributed by atoms with Gasteiger partial charge in [-0.2, -0.15) is 5.26 Å². The van der Waals surface area contributed by atoms with Gasteiger partial charge in [-0.1, -0.05) is 31.9 Å². The van der Waals surface area contributed by atoms with E-state index in [9.17, 15) is 0 Å². The van der Waals surface area contributed by atoms with Gasteiger partial charge in [-0.05, 0) is 30.2 Å². The van der Waals surface area contributed by atoms with E-state index in [0.29, 0.717) is 5.56 Å². The molecule has 3 heteroatoms. The standard InChI is InChI=1S/C9H7Br2N/c1-6-2-7(5-12)3-8(4-10)9(6)11/h2-3H,4H2,1H3. The number of aryl methyl sites for hydroxylation is 1. The van der Waals surface area contributed by atoms with Gasteiger partial charge in [-0.3, -0.25) is 0 Å². The van der Waals surface area contributed by atoms with Crippen LogP contribution in [0.5, 0.6) is 0 Å². The number of alkyl halides is 1. The predicted molar refractivity (Wildman–Crippen MR) is 56.2 cm³/mol. The average molecular weight is 289 g/mol. The highest BCUT2D eigenvalue weighted by molar-refractivity contribution is 9.10. The third kappa shape index (κ3) is 1.88. The van der Waals surface area contributed by atoms with E-state index in [-0.39, 0.29) is 0 Å². The maximum Gasteiger partial charge on any atom is 0.0991 e. The maximum atomic E-state index is 8.69. The summed E-state index contributed by atoms with van der Waals surface area (Å²) in [5.41, 5.74) is 2.93. The predicted octanol–water partition coefficient (Wildman–Crippen LogP) is 3.52. The van der Waals surface area contributed by atoms with Crippen LogP contribution in [0.4, 0.5) is 0 Å². The molecule has 0 fully saturated rings. The van der Waals surface area contributed by atoms with Crippen LogP contribution >= 0.6 is 31.9 Å². The summed E-state index contributed by atoms with van der Waals surface area (Å²) in [6.07, 6.45) is 0. The van der Waals surface area contributed by atoms with E-state index in [1.54, 1.807) is 0 Å². The Bertz CT molecular complexity index is 339. The smallest absolute Gasteiger partial charge is 0.0991 e. The number of benzene rings is 1. The van der Waals surface area contributed by atoms with Gasteiger partial charge >= 0.3 is 0 Å². The molecule has 0 saturated heterocycles. The summed E-state index contributed by atoms with van der Waals surface area (Å²) in [5, 5.41) is 9.46. The Balaban J connectivity index is 3.31. The molecule has 0 heterocycles. The summed E-state index contributed by atoms with van der Waals surface area (Å²) in [6, 6.07) is 5.88. The third-order valence-electron chi connectivity index (χ3n) is 1.60. The molecule has 62 valence electrons. The summed E-state index contributed by atoms with van der Waals surface area (Å²) >= 11 is 6.83. The van der Waals surface area contributed by atoms with E-state index in [4.69, 9.17) is 5.26 Å². The summed E-state index contributed by atoms with van der Waals surface area (Å²) in [7, 11) is 0. The highest BCUT2D eigenvalue weighted by atomic mass is 79.9. The molecule has 1 aromatic carbocycles. The Morgan fingerprint density at radius 2 is 2.17 bits per heavy atom. The first-order chi connectivity index (χ1) is 5.69. The van der Waals surface area contributed by atoms with Crippen LogP contribution in [0.25, 0.3) is 0 Å². The zero-order chi connectivity index (χ0) is 9.14. The molecule has 1 rings (SSSR count). The first kappa shape index (κ1) is 9.76. The van der Waals surface area contributed by atoms with Crippen LogP contribution in [0.1, 0.15) is 16.7 Å². The minimum Gasteiger partial charge on any atom is -0.192 e. The Labute approximate surface area is 88.7 Å². The number of rotatable bonds is 1. The van der Waals surface area contributed by atoms with E-state index in [2.05, 4.69) is 37.9 Å². The van der Waals surface area contributed by atoms with Crippen molar-refractivity contribution >= 4 is 31.9 Å². The fourth-order valence-corrected chi connectivity index (χ4v) is 2.19. The van der Waals surface area contributed by atoms with Gasteiger partial charge in [-0.15, -0.1) is 0 Å². The molecular formula is C9H7Br2N. The van der Waals surface area contributed by atoms with Gasteiger partial charge in [0.15, 0.2) is 0 Å². The number of halogens is 2. The van der Waals surface area contributed by atoms with Crippen LogP contribution in [0.15, 0.2) is 16.6 Å². The lowest BCUT2D eigenvalue weighted by atomic mass is 10.1. The summed E-state index contributed by atoms with van der Waals surface area (Å²) in [5.74, 6) is 0. The van der Waals surface area contributed by atoms with Gasteiger partial charge in [0, 0.05) is 9.80 Å². The molecule has 0 radical (unpaired) electrons. The molecule has 0 spiro atoms. The van der Waals surface area contributed by atoms with Crippen LogP contribution in [0.2, 0.25) is 0 Å². The molecule has 0 aliphatic heterocycles. The van der Waals surface area contributed by atoms with Crippen LogP contribution in [-0.4, -0.2) is 0 Å². The Hall–Kier alpha value is -0.330. The molecule has 1 aromatic rings. The Morgan fingerprint density at radius 1 is 1.50 bits per heavy atom. The molecule has 0 saturated carbocycles. The van der Waals surface area contributed by atoms with Gasteiger partial charge in [0.05, 0.1) is 11.6 Å². The van der Waals surface area contributed by atoms with E-state index in [1.807, 2.05) is 19.1 Å². The number of nitrogens with zero attached hydrogens (tertiary/aromatic N) is 1. The average Bonchev–Trinajstić information content (AvgIpc) is 2.09. The second-order valence-electron chi connectivity index (χ2n) is 2.51. The fraction of sp³-hybridized carbons (Fsp3) is 0.222. The lowest BCUT2D eigenvalue weighted by molar-refractivity contribution is 1.30. The van der Waals surface area contributed by atoms with E-state index in [1.165, 1.54) is 0 Å². The van der Waals surface area contributed by atoms with Crippen molar-refractivity contribution in [3.8, 4) is 6.07 Å². The SMILES string of the molecule is Cc1cc(C#N)cc(CBr)c1Br. The molecular weight excluding hydrogens is 282 g/mol. The fourth-order valence-electron chi connectivity index (χ4n) is 1.00. The highest BCUT2D eigenvalue weighted by Gasteiger charge is 2.03. The number of nitriles is 1. The van der Waals surface area contributed by atoms with Crippen molar-refractivity contribution in [3.63, 3.8) is 0 Å². The Kier molecular flexibility index (Phi) is 3.30. The summed E-state index contributed by atoms with van der Waals surface area (Å²) in [6.45, 7) is 1.98. The first-order valence-electron chi connectivity index (χ1n) is 3.44. The van der Waals surface area contributed by atoms with E-state index < -0.39 is 0 Å². The molecule has 0 amide bonds. The molecule has 0 atom stereocenters. The number of hydrogen-bond donors (Lipinski definition) is 0. The molecule has 0 unspecified atom stereocenters. The van der Waals surface area contributed by atoms with Gasteiger partial charge in [0.1, 0.15) is 0 Å². The first-order valence-corrected chi connectivity index (χ1v) is 5.35. The third-order valence-corrected chi connectivity index (χ3v) is 3.34. The molecule has 0 aliphatic carbocycles. The molecule has 12 heavy (non-hydrogen) atoms. The Morgan fingerprint density at radius 3 is 2.67 bits per heavy atom. The van der Waals surface area contributed by atoms with Gasteiger partial charge in [0.25, 0.3) is 0 Å². The van der Waals surface area contributed by atoms with Crippen molar-refractivity contribution in [2.45, 2.75) is 12.3 Å². The molecule has 0 N–H and O–H groups in total. The largest absolute Gasteiger partial charge is 0.192 e. The monoisotopic (exact) mass is 287 g/mol. The van der Waals surface area contributed by atoms with Gasteiger partial charge in [-0.25, -0.2) is 0 Å². The van der Waals surface area contributed by atoms with Crippen molar-refractivity contribution in [2.75, 3.05) is 0 Å². The van der Waals surface area contributed by atoms with E-state index >= 15 is 0 Å². The molecule has 1 nitrogen and oxygen atoms in total. The van der Waals surface area contributed by atoms with Crippen molar-refractivity contribution < 1.29 is 0 Å². The zero-order valence-corrected chi connectivity index (χ0v) is 9.74. The second-order valence-corrected chi connectivity index (χ2v) is 3.87. The van der Waals surface area contributed by atoms with Gasteiger partial charge in [0.2, 0.25) is 0 Å². The zero-order valence-electron chi connectivity index (χ0n) is 6.56. The van der Waals surface area contributed by atoms with Crippen LogP contribution in [0.3, 0.4) is 0 Å². The van der Waals surface area contributed by atoms with Crippen LogP contribution < -0.4 is 0 Å². The minimum atomic E-state index is 0.713. The highest BCUT2D eigenvalue weighted by Crippen LogP contribution is 2.24. The number of hydrogen-bond acceptors (Lipinski definition) is 1.